The molecular weight excluding hydrogens is 325 g/mol. The van der Waals surface area contributed by atoms with E-state index in [2.05, 4.69) is 20.8 Å². The zero-order valence-electron chi connectivity index (χ0n) is 12.0. The third-order valence-electron chi connectivity index (χ3n) is 3.23. The number of phenolic OH excluding ortho intramolecular Hbond substituents is 1. The molecule has 0 atom stereocenters. The van der Waals surface area contributed by atoms with E-state index in [1.807, 2.05) is 0 Å². The van der Waals surface area contributed by atoms with E-state index in [0.717, 1.165) is 12.1 Å². The van der Waals surface area contributed by atoms with Crippen molar-refractivity contribution >= 4 is 28.4 Å². The molecule has 1 heterocycles. The molecule has 0 saturated heterocycles. The topological polar surface area (TPSA) is 90.0 Å². The number of carbonyl (C=O) groups is 1. The number of phenols is 1. The van der Waals surface area contributed by atoms with E-state index in [4.69, 9.17) is 0 Å². The van der Waals surface area contributed by atoms with Crippen LogP contribution in [0.25, 0.3) is 10.9 Å². The number of hydrogen-bond donors (Lipinski definition) is 4. The molecule has 0 aliphatic carbocycles. The number of rotatable bonds is 2. The summed E-state index contributed by atoms with van der Waals surface area (Å²) < 4.78 is 38.0. The number of nitrogens with one attached hydrogen (secondary N) is 3. The van der Waals surface area contributed by atoms with Gasteiger partial charge in [-0.15, -0.1) is 0 Å². The van der Waals surface area contributed by atoms with E-state index >= 15 is 0 Å². The van der Waals surface area contributed by atoms with Gasteiger partial charge in [-0.05, 0) is 36.4 Å². The van der Waals surface area contributed by atoms with Gasteiger partial charge in [0.05, 0.1) is 11.1 Å². The van der Waals surface area contributed by atoms with Crippen LogP contribution < -0.4 is 10.6 Å². The van der Waals surface area contributed by atoms with E-state index in [0.29, 0.717) is 10.9 Å². The van der Waals surface area contributed by atoms with E-state index < -0.39 is 17.8 Å². The van der Waals surface area contributed by atoms with Crippen molar-refractivity contribution in [1.82, 2.24) is 10.2 Å². The molecule has 6 nitrogen and oxygen atoms in total. The number of aromatic hydroxyl groups is 1. The molecule has 2 amide bonds. The Hall–Kier alpha value is -3.23. The number of hydrogen-bond acceptors (Lipinski definition) is 3. The predicted molar refractivity (Wildman–Crippen MR) is 81.8 cm³/mol. The number of H-pyrrole nitrogens is 1. The van der Waals surface area contributed by atoms with Gasteiger partial charge in [-0.25, -0.2) is 4.79 Å². The second-order valence-corrected chi connectivity index (χ2v) is 4.96. The molecule has 4 N–H and O–H groups in total. The van der Waals surface area contributed by atoms with Gasteiger partial charge in [0.1, 0.15) is 5.75 Å². The van der Waals surface area contributed by atoms with Crippen LogP contribution in [0.5, 0.6) is 5.75 Å². The SMILES string of the molecule is O=C(Nc1cccc(C(F)(F)F)c1)Nc1n[nH]c2ccc(O)cc12. The van der Waals surface area contributed by atoms with E-state index in [9.17, 15) is 23.1 Å². The van der Waals surface area contributed by atoms with Crippen molar-refractivity contribution in [2.24, 2.45) is 0 Å². The van der Waals surface area contributed by atoms with Crippen LogP contribution in [-0.2, 0) is 6.18 Å². The van der Waals surface area contributed by atoms with Crippen molar-refractivity contribution in [1.29, 1.82) is 0 Å². The van der Waals surface area contributed by atoms with E-state index in [1.54, 1.807) is 6.07 Å². The Labute approximate surface area is 133 Å². The lowest BCUT2D eigenvalue weighted by Crippen LogP contribution is -2.20. The van der Waals surface area contributed by atoms with Gasteiger partial charge in [0.15, 0.2) is 5.82 Å². The van der Waals surface area contributed by atoms with Gasteiger partial charge >= 0.3 is 12.2 Å². The summed E-state index contributed by atoms with van der Waals surface area (Å²) in [6.07, 6.45) is -4.50. The number of fused-ring (bicyclic) bond motifs is 1. The van der Waals surface area contributed by atoms with Gasteiger partial charge < -0.3 is 10.4 Å². The highest BCUT2D eigenvalue weighted by Gasteiger charge is 2.30. The number of aromatic nitrogens is 2. The molecule has 24 heavy (non-hydrogen) atoms. The lowest BCUT2D eigenvalue weighted by Gasteiger charge is -2.10. The highest BCUT2D eigenvalue weighted by Crippen LogP contribution is 2.30. The van der Waals surface area contributed by atoms with Gasteiger partial charge in [0.2, 0.25) is 0 Å². The monoisotopic (exact) mass is 336 g/mol. The van der Waals surface area contributed by atoms with Gasteiger partial charge in [-0.3, -0.25) is 10.4 Å². The number of aromatic amines is 1. The summed E-state index contributed by atoms with van der Waals surface area (Å²) in [5.41, 5.74) is -0.289. The summed E-state index contributed by atoms with van der Waals surface area (Å²) in [6, 6.07) is 7.94. The van der Waals surface area contributed by atoms with Crippen molar-refractivity contribution in [2.75, 3.05) is 10.6 Å². The Bertz CT molecular complexity index is 905. The lowest BCUT2D eigenvalue weighted by atomic mass is 10.2. The van der Waals surface area contributed by atoms with E-state index in [-0.39, 0.29) is 17.3 Å². The molecule has 3 aromatic rings. The molecular formula is C15H11F3N4O2. The first-order valence-electron chi connectivity index (χ1n) is 6.75. The van der Waals surface area contributed by atoms with Crippen molar-refractivity contribution in [2.45, 2.75) is 6.18 Å². The summed E-state index contributed by atoms with van der Waals surface area (Å²) in [4.78, 5) is 11.9. The molecule has 1 aromatic heterocycles. The predicted octanol–water partition coefficient (Wildman–Crippen LogP) is 3.93. The van der Waals surface area contributed by atoms with Crippen LogP contribution in [0.15, 0.2) is 42.5 Å². The Balaban J connectivity index is 1.77. The van der Waals surface area contributed by atoms with Crippen LogP contribution in [0.2, 0.25) is 0 Å². The number of halogens is 3. The molecule has 3 rings (SSSR count). The number of alkyl halides is 3. The molecule has 2 aromatic carbocycles. The van der Waals surface area contributed by atoms with Gasteiger partial charge in [0.25, 0.3) is 0 Å². The van der Waals surface area contributed by atoms with Crippen molar-refractivity contribution in [3.8, 4) is 5.75 Å². The smallest absolute Gasteiger partial charge is 0.416 e. The van der Waals surface area contributed by atoms with Crippen molar-refractivity contribution in [3.63, 3.8) is 0 Å². The summed E-state index contributed by atoms with van der Waals surface area (Å²) in [7, 11) is 0. The fourth-order valence-corrected chi connectivity index (χ4v) is 2.14. The zero-order valence-corrected chi connectivity index (χ0v) is 12.0. The maximum atomic E-state index is 12.7. The average Bonchev–Trinajstić information content (AvgIpc) is 2.89. The third-order valence-corrected chi connectivity index (χ3v) is 3.23. The number of nitrogens with zero attached hydrogens (tertiary/aromatic N) is 1. The van der Waals surface area contributed by atoms with Gasteiger partial charge in [-0.1, -0.05) is 6.07 Å². The Morgan fingerprint density at radius 2 is 1.92 bits per heavy atom. The Morgan fingerprint density at radius 1 is 1.12 bits per heavy atom. The second-order valence-electron chi connectivity index (χ2n) is 4.96. The standard InChI is InChI=1S/C15H11F3N4O2/c16-15(17,18)8-2-1-3-9(6-8)19-14(24)20-13-11-7-10(23)4-5-12(11)21-22-13/h1-7,23H,(H3,19,20,21,22,24). The first-order chi connectivity index (χ1) is 11.3. The summed E-state index contributed by atoms with van der Waals surface area (Å²) in [5.74, 6) is 0.135. The fraction of sp³-hybridized carbons (Fsp3) is 0.0667. The van der Waals surface area contributed by atoms with Gasteiger partial charge in [0, 0.05) is 11.1 Å². The molecule has 9 heteroatoms. The minimum Gasteiger partial charge on any atom is -0.508 e. The molecule has 0 aliphatic heterocycles. The highest BCUT2D eigenvalue weighted by atomic mass is 19.4. The number of carbonyl (C=O) groups excluding carboxylic acids is 1. The molecule has 0 unspecified atom stereocenters. The minimum atomic E-state index is -4.50. The lowest BCUT2D eigenvalue weighted by molar-refractivity contribution is -0.137. The number of amides is 2. The Kier molecular flexibility index (Phi) is 3.76. The quantitative estimate of drug-likeness (QED) is 0.571. The molecule has 0 aliphatic rings. The molecule has 0 fully saturated rings. The summed E-state index contributed by atoms with van der Waals surface area (Å²) in [6.45, 7) is 0. The molecule has 0 bridgehead atoms. The largest absolute Gasteiger partial charge is 0.508 e. The van der Waals surface area contributed by atoms with Crippen LogP contribution in [0, 0.1) is 0 Å². The Morgan fingerprint density at radius 3 is 2.67 bits per heavy atom. The normalized spacial score (nSPS) is 11.5. The second kappa shape index (κ2) is 5.76. The molecule has 0 saturated carbocycles. The molecule has 0 radical (unpaired) electrons. The van der Waals surface area contributed by atoms with Crippen LogP contribution in [0.3, 0.4) is 0 Å². The number of urea groups is 1. The van der Waals surface area contributed by atoms with Crippen molar-refractivity contribution < 1.29 is 23.1 Å². The van der Waals surface area contributed by atoms with Gasteiger partial charge in [-0.2, -0.15) is 18.3 Å². The third kappa shape index (κ3) is 3.24. The minimum absolute atomic E-state index is 0.00904. The summed E-state index contributed by atoms with van der Waals surface area (Å²) in [5, 5.41) is 21.2. The van der Waals surface area contributed by atoms with Crippen LogP contribution in [0.4, 0.5) is 29.5 Å². The van der Waals surface area contributed by atoms with Crippen LogP contribution >= 0.6 is 0 Å². The first-order valence-corrected chi connectivity index (χ1v) is 6.75. The molecule has 124 valence electrons. The maximum absolute atomic E-state index is 12.7. The number of anilines is 2. The fourth-order valence-electron chi connectivity index (χ4n) is 2.14. The average molecular weight is 336 g/mol. The van der Waals surface area contributed by atoms with Crippen molar-refractivity contribution in [3.05, 3.63) is 48.0 Å². The van der Waals surface area contributed by atoms with E-state index in [1.165, 1.54) is 24.3 Å². The van der Waals surface area contributed by atoms with Crippen LogP contribution in [-0.4, -0.2) is 21.3 Å². The van der Waals surface area contributed by atoms with Crippen LogP contribution in [0.1, 0.15) is 5.56 Å². The summed E-state index contributed by atoms with van der Waals surface area (Å²) >= 11 is 0. The first kappa shape index (κ1) is 15.7. The zero-order chi connectivity index (χ0) is 17.3. The maximum Gasteiger partial charge on any atom is 0.416 e. The number of benzene rings is 2. The molecule has 0 spiro atoms. The highest BCUT2D eigenvalue weighted by molar-refractivity contribution is 6.04.